The van der Waals surface area contributed by atoms with Gasteiger partial charge < -0.3 is 9.73 Å². The first-order chi connectivity index (χ1) is 8.40. The first kappa shape index (κ1) is 13.6. The van der Waals surface area contributed by atoms with Crippen molar-refractivity contribution < 1.29 is 4.42 Å². The summed E-state index contributed by atoms with van der Waals surface area (Å²) >= 11 is 3.52. The molecule has 1 heterocycles. The topological polar surface area (TPSA) is 25.2 Å². The van der Waals surface area contributed by atoms with E-state index in [2.05, 4.69) is 55.0 Å². The summed E-state index contributed by atoms with van der Waals surface area (Å²) in [5, 5.41) is 4.70. The maximum absolute atomic E-state index is 5.96. The summed E-state index contributed by atoms with van der Waals surface area (Å²) in [6.07, 6.45) is 0.991. The fourth-order valence-electron chi connectivity index (χ4n) is 2.05. The summed E-state index contributed by atoms with van der Waals surface area (Å²) in [4.78, 5) is 0. The minimum atomic E-state index is 0.102. The number of hydrogen-bond donors (Lipinski definition) is 1. The first-order valence-electron chi connectivity index (χ1n) is 6.35. The van der Waals surface area contributed by atoms with Crippen LogP contribution in [0.4, 0.5) is 0 Å². The van der Waals surface area contributed by atoms with E-state index in [1.165, 1.54) is 10.9 Å². The number of benzene rings is 1. The zero-order valence-electron chi connectivity index (χ0n) is 11.4. The molecule has 3 heteroatoms. The molecule has 0 fully saturated rings. The third-order valence-electron chi connectivity index (χ3n) is 2.97. The van der Waals surface area contributed by atoms with Gasteiger partial charge in [0, 0.05) is 21.0 Å². The minimum absolute atomic E-state index is 0.102. The van der Waals surface area contributed by atoms with Gasteiger partial charge in [-0.3, -0.25) is 0 Å². The highest BCUT2D eigenvalue weighted by molar-refractivity contribution is 9.10. The Morgan fingerprint density at radius 3 is 2.61 bits per heavy atom. The smallest absolute Gasteiger partial charge is 0.134 e. The van der Waals surface area contributed by atoms with E-state index in [1.54, 1.807) is 0 Å². The lowest BCUT2D eigenvalue weighted by molar-refractivity contribution is 0.393. The number of fused-ring (bicyclic) bond motifs is 1. The van der Waals surface area contributed by atoms with Gasteiger partial charge in [0.2, 0.25) is 0 Å². The standard InChI is InChI=1S/C15H20BrNO/c1-5-11-12-8-10(16)6-7-13(12)18-14(11)9-17-15(2,3)4/h6-8,17H,5,9H2,1-4H3. The zero-order valence-corrected chi connectivity index (χ0v) is 13.0. The summed E-state index contributed by atoms with van der Waals surface area (Å²) < 4.78 is 7.06. The van der Waals surface area contributed by atoms with Crippen molar-refractivity contribution in [1.29, 1.82) is 0 Å². The van der Waals surface area contributed by atoms with E-state index in [0.29, 0.717) is 0 Å². The highest BCUT2D eigenvalue weighted by Crippen LogP contribution is 2.29. The Hall–Kier alpha value is -0.800. The molecule has 18 heavy (non-hydrogen) atoms. The van der Waals surface area contributed by atoms with Crippen molar-refractivity contribution in [3.63, 3.8) is 0 Å². The van der Waals surface area contributed by atoms with E-state index < -0.39 is 0 Å². The second-order valence-electron chi connectivity index (χ2n) is 5.60. The molecule has 2 rings (SSSR count). The predicted molar refractivity (Wildman–Crippen MR) is 79.9 cm³/mol. The van der Waals surface area contributed by atoms with Crippen molar-refractivity contribution in [2.45, 2.75) is 46.2 Å². The third-order valence-corrected chi connectivity index (χ3v) is 3.46. The number of rotatable bonds is 3. The van der Waals surface area contributed by atoms with Crippen LogP contribution < -0.4 is 5.32 Å². The monoisotopic (exact) mass is 309 g/mol. The normalized spacial score (nSPS) is 12.3. The lowest BCUT2D eigenvalue weighted by Crippen LogP contribution is -2.35. The van der Waals surface area contributed by atoms with Crippen LogP contribution >= 0.6 is 15.9 Å². The van der Waals surface area contributed by atoms with Gasteiger partial charge in [-0.25, -0.2) is 0 Å². The molecule has 0 aliphatic heterocycles. The molecule has 0 unspecified atom stereocenters. The first-order valence-corrected chi connectivity index (χ1v) is 7.15. The van der Waals surface area contributed by atoms with Gasteiger partial charge in [0.15, 0.2) is 0 Å². The molecule has 0 bridgehead atoms. The van der Waals surface area contributed by atoms with Gasteiger partial charge in [0.05, 0.1) is 6.54 Å². The van der Waals surface area contributed by atoms with Crippen molar-refractivity contribution in [2.24, 2.45) is 0 Å². The maximum atomic E-state index is 5.96. The molecular weight excluding hydrogens is 290 g/mol. The molecule has 1 aromatic carbocycles. The van der Waals surface area contributed by atoms with Crippen molar-refractivity contribution >= 4 is 26.9 Å². The number of furan rings is 1. The van der Waals surface area contributed by atoms with Crippen molar-refractivity contribution in [2.75, 3.05) is 0 Å². The Kier molecular flexibility index (Phi) is 3.83. The summed E-state index contributed by atoms with van der Waals surface area (Å²) in [5.74, 6) is 1.06. The second kappa shape index (κ2) is 5.06. The largest absolute Gasteiger partial charge is 0.459 e. The molecule has 0 aliphatic rings. The highest BCUT2D eigenvalue weighted by atomic mass is 79.9. The van der Waals surface area contributed by atoms with Crippen molar-refractivity contribution in [3.05, 3.63) is 34.0 Å². The summed E-state index contributed by atoms with van der Waals surface area (Å²) in [7, 11) is 0. The molecule has 98 valence electrons. The lowest BCUT2D eigenvalue weighted by atomic mass is 10.1. The van der Waals surface area contributed by atoms with Crippen LogP contribution in [0.2, 0.25) is 0 Å². The highest BCUT2D eigenvalue weighted by Gasteiger charge is 2.15. The Labute approximate surface area is 117 Å². The van der Waals surface area contributed by atoms with E-state index >= 15 is 0 Å². The Bertz CT molecular complexity index is 551. The van der Waals surface area contributed by atoms with Crippen molar-refractivity contribution in [3.8, 4) is 0 Å². The van der Waals surface area contributed by atoms with E-state index in [0.717, 1.165) is 28.8 Å². The van der Waals surface area contributed by atoms with Gasteiger partial charge in [-0.05, 0) is 45.4 Å². The van der Waals surface area contributed by atoms with E-state index in [9.17, 15) is 0 Å². The number of hydrogen-bond acceptors (Lipinski definition) is 2. The van der Waals surface area contributed by atoms with E-state index in [-0.39, 0.29) is 5.54 Å². The van der Waals surface area contributed by atoms with Crippen LogP contribution in [0.5, 0.6) is 0 Å². The van der Waals surface area contributed by atoms with Gasteiger partial charge in [-0.2, -0.15) is 0 Å². The van der Waals surface area contributed by atoms with Crippen LogP contribution in [-0.4, -0.2) is 5.54 Å². The fraction of sp³-hybridized carbons (Fsp3) is 0.467. The van der Waals surface area contributed by atoms with Crippen LogP contribution in [0.15, 0.2) is 27.1 Å². The lowest BCUT2D eigenvalue weighted by Gasteiger charge is -2.19. The van der Waals surface area contributed by atoms with Gasteiger partial charge in [0.1, 0.15) is 11.3 Å². The van der Waals surface area contributed by atoms with Crippen LogP contribution in [-0.2, 0) is 13.0 Å². The molecule has 1 aromatic heterocycles. The number of aryl methyl sites for hydroxylation is 1. The van der Waals surface area contributed by atoms with Gasteiger partial charge in [0.25, 0.3) is 0 Å². The van der Waals surface area contributed by atoms with Crippen LogP contribution in [0.1, 0.15) is 39.0 Å². The quantitative estimate of drug-likeness (QED) is 0.893. The SMILES string of the molecule is CCc1c(CNC(C)(C)C)oc2ccc(Br)cc12. The predicted octanol–water partition coefficient (Wildman–Crippen LogP) is 4.65. The molecule has 0 spiro atoms. The van der Waals surface area contributed by atoms with Gasteiger partial charge in [-0.15, -0.1) is 0 Å². The molecule has 0 amide bonds. The van der Waals surface area contributed by atoms with Gasteiger partial charge >= 0.3 is 0 Å². The fourth-order valence-corrected chi connectivity index (χ4v) is 2.41. The zero-order chi connectivity index (χ0) is 13.3. The molecule has 0 aliphatic carbocycles. The van der Waals surface area contributed by atoms with Crippen LogP contribution in [0, 0.1) is 0 Å². The Morgan fingerprint density at radius 1 is 1.28 bits per heavy atom. The molecule has 0 atom stereocenters. The van der Waals surface area contributed by atoms with Gasteiger partial charge in [-0.1, -0.05) is 22.9 Å². The average Bonchev–Trinajstić information content (AvgIpc) is 2.62. The molecule has 2 nitrogen and oxygen atoms in total. The van der Waals surface area contributed by atoms with Crippen LogP contribution in [0.25, 0.3) is 11.0 Å². The molecule has 0 saturated heterocycles. The molecule has 0 radical (unpaired) electrons. The molecular formula is C15H20BrNO. The molecule has 2 aromatic rings. The number of nitrogens with one attached hydrogen (secondary N) is 1. The van der Waals surface area contributed by atoms with E-state index in [1.807, 2.05) is 12.1 Å². The Balaban J connectivity index is 2.38. The minimum Gasteiger partial charge on any atom is -0.459 e. The summed E-state index contributed by atoms with van der Waals surface area (Å²) in [6, 6.07) is 6.18. The molecule has 1 N–H and O–H groups in total. The second-order valence-corrected chi connectivity index (χ2v) is 6.52. The van der Waals surface area contributed by atoms with Crippen LogP contribution in [0.3, 0.4) is 0 Å². The maximum Gasteiger partial charge on any atom is 0.134 e. The van der Waals surface area contributed by atoms with Crippen molar-refractivity contribution in [1.82, 2.24) is 5.32 Å². The van der Waals surface area contributed by atoms with E-state index in [4.69, 9.17) is 4.42 Å². The number of halogens is 1. The summed E-state index contributed by atoms with van der Waals surface area (Å²) in [5.41, 5.74) is 2.38. The third kappa shape index (κ3) is 2.96. The average molecular weight is 310 g/mol. The summed E-state index contributed by atoms with van der Waals surface area (Å²) in [6.45, 7) is 9.44. The molecule has 0 saturated carbocycles. The Morgan fingerprint density at radius 2 is 2.00 bits per heavy atom.